The number of aromatic nitrogens is 4. The molecule has 3 N–H and O–H groups in total. The largest absolute Gasteiger partial charge is 0.464 e. The Morgan fingerprint density at radius 2 is 1.88 bits per heavy atom. The van der Waals surface area contributed by atoms with Gasteiger partial charge in [-0.3, -0.25) is 5.32 Å². The average Bonchev–Trinajstić information content (AvgIpc) is 3.67. The van der Waals surface area contributed by atoms with Crippen molar-refractivity contribution in [3.8, 4) is 0 Å². The van der Waals surface area contributed by atoms with Crippen molar-refractivity contribution in [1.29, 1.82) is 0 Å². The number of piperidine rings is 1. The zero-order valence-electron chi connectivity index (χ0n) is 25.1. The molecule has 5 heterocycles. The van der Waals surface area contributed by atoms with E-state index in [2.05, 4.69) is 51.6 Å². The minimum atomic E-state index is -0.635. The number of nitrogens with one attached hydrogen (secondary N) is 3. The van der Waals surface area contributed by atoms with Gasteiger partial charge in [-0.2, -0.15) is 4.98 Å². The predicted molar refractivity (Wildman–Crippen MR) is 160 cm³/mol. The molecule has 2 unspecified atom stereocenters. The molecule has 42 heavy (non-hydrogen) atoms. The van der Waals surface area contributed by atoms with E-state index in [0.29, 0.717) is 23.3 Å². The summed E-state index contributed by atoms with van der Waals surface area (Å²) in [7, 11) is 0. The summed E-state index contributed by atoms with van der Waals surface area (Å²) in [6, 6.07) is 4.56. The van der Waals surface area contributed by atoms with Crippen molar-refractivity contribution in [1.82, 2.24) is 30.3 Å². The first-order chi connectivity index (χ1) is 20.4. The van der Waals surface area contributed by atoms with Crippen LogP contribution in [0.3, 0.4) is 0 Å². The summed E-state index contributed by atoms with van der Waals surface area (Å²) in [6.07, 6.45) is 10.8. The maximum Gasteiger partial charge on any atom is 0.427 e. The molecule has 0 spiro atoms. The number of rotatable bonds is 8. The van der Waals surface area contributed by atoms with Gasteiger partial charge < -0.3 is 24.0 Å². The van der Waals surface area contributed by atoms with Crippen molar-refractivity contribution >= 4 is 29.0 Å². The Labute approximate surface area is 247 Å². The van der Waals surface area contributed by atoms with Crippen LogP contribution in [0.4, 0.5) is 16.6 Å². The third-order valence-electron chi connectivity index (χ3n) is 10.0. The van der Waals surface area contributed by atoms with Crippen LogP contribution < -0.4 is 21.0 Å². The molecule has 3 atom stereocenters. The van der Waals surface area contributed by atoms with Crippen LogP contribution in [0.15, 0.2) is 16.5 Å². The fourth-order valence-electron chi connectivity index (χ4n) is 7.21. The molecular formula is C31H44N8O3. The summed E-state index contributed by atoms with van der Waals surface area (Å²) in [4.78, 5) is 34.5. The topological polar surface area (TPSA) is 122 Å². The molecule has 2 aliphatic heterocycles. The number of carbonyl (C=O) groups excluding carboxylic acids is 1. The second-order valence-electron chi connectivity index (χ2n) is 13.1. The lowest BCUT2D eigenvalue weighted by Crippen LogP contribution is -2.36. The third-order valence-corrected chi connectivity index (χ3v) is 10.0. The van der Waals surface area contributed by atoms with E-state index in [4.69, 9.17) is 24.2 Å². The second-order valence-corrected chi connectivity index (χ2v) is 13.1. The first-order valence-electron chi connectivity index (χ1n) is 16.0. The van der Waals surface area contributed by atoms with Crippen molar-refractivity contribution in [2.45, 2.75) is 110 Å². The Hall–Kier alpha value is -3.34. The van der Waals surface area contributed by atoms with Gasteiger partial charge in [0.2, 0.25) is 5.95 Å². The van der Waals surface area contributed by atoms with E-state index in [0.717, 1.165) is 67.1 Å². The van der Waals surface area contributed by atoms with Crippen LogP contribution >= 0.6 is 0 Å². The molecule has 2 saturated heterocycles. The van der Waals surface area contributed by atoms with E-state index >= 15 is 0 Å². The van der Waals surface area contributed by atoms with E-state index in [1.165, 1.54) is 44.9 Å². The molecule has 226 valence electrons. The Morgan fingerprint density at radius 3 is 2.57 bits per heavy atom. The molecule has 0 radical (unpaired) electrons. The highest BCUT2D eigenvalue weighted by Crippen LogP contribution is 2.40. The fourth-order valence-corrected chi connectivity index (χ4v) is 7.21. The Kier molecular flexibility index (Phi) is 7.46. The van der Waals surface area contributed by atoms with Crippen LogP contribution in [0, 0.1) is 24.7 Å². The van der Waals surface area contributed by atoms with E-state index in [1.807, 2.05) is 6.92 Å². The molecule has 4 fully saturated rings. The lowest BCUT2D eigenvalue weighted by Gasteiger charge is -2.36. The lowest BCUT2D eigenvalue weighted by atomic mass is 9.80. The summed E-state index contributed by atoms with van der Waals surface area (Å²) < 4.78 is 8.59. The molecule has 0 bridgehead atoms. The summed E-state index contributed by atoms with van der Waals surface area (Å²) in [5, 5.41) is 6.54. The van der Waals surface area contributed by atoms with Crippen LogP contribution in [-0.4, -0.2) is 38.2 Å². The number of fused-ring (bicyclic) bond motifs is 1. The van der Waals surface area contributed by atoms with E-state index in [-0.39, 0.29) is 12.1 Å². The highest BCUT2D eigenvalue weighted by molar-refractivity contribution is 5.86. The number of carbonyl (C=O) groups is 1. The van der Waals surface area contributed by atoms with Crippen LogP contribution in [0.1, 0.15) is 108 Å². The van der Waals surface area contributed by atoms with Crippen molar-refractivity contribution < 1.29 is 14.0 Å². The maximum absolute atomic E-state index is 11.9. The molecule has 11 heteroatoms. The molecule has 11 nitrogen and oxygen atoms in total. The molecule has 3 aromatic rings. The monoisotopic (exact) mass is 576 g/mol. The zero-order valence-corrected chi connectivity index (χ0v) is 25.1. The maximum atomic E-state index is 11.9. The fraction of sp³-hybridized carbons (Fsp3) is 0.677. The molecule has 0 aromatic carbocycles. The number of hydrogen-bond acceptors (Lipinski definition) is 9. The highest BCUT2D eigenvalue weighted by Gasteiger charge is 2.35. The van der Waals surface area contributed by atoms with E-state index in [9.17, 15) is 4.79 Å². The highest BCUT2D eigenvalue weighted by atomic mass is 16.7. The van der Waals surface area contributed by atoms with Gasteiger partial charge in [-0.1, -0.05) is 26.2 Å². The first-order valence-corrected chi connectivity index (χ1v) is 16.0. The van der Waals surface area contributed by atoms with Gasteiger partial charge in [-0.15, -0.1) is 5.48 Å². The van der Waals surface area contributed by atoms with Crippen LogP contribution in [-0.2, 0) is 11.4 Å². The Balaban J connectivity index is 1.35. The van der Waals surface area contributed by atoms with Crippen LogP contribution in [0.2, 0.25) is 0 Å². The number of aryl methyl sites for hydroxylation is 1. The minimum Gasteiger partial charge on any atom is -0.464 e. The molecule has 7 rings (SSSR count). The van der Waals surface area contributed by atoms with Gasteiger partial charge >= 0.3 is 6.09 Å². The van der Waals surface area contributed by atoms with Crippen molar-refractivity contribution in [3.63, 3.8) is 0 Å². The SMILES string of the molecule is Cc1ccc(C2CCCCN2c2nc3nc(C4NOC(=O)N4)nc(N[C@H](C)C4CCC4)c3n2CC2CCC(C)CC2)o1. The van der Waals surface area contributed by atoms with E-state index < -0.39 is 12.3 Å². The second kappa shape index (κ2) is 11.4. The zero-order chi connectivity index (χ0) is 28.8. The van der Waals surface area contributed by atoms with Gasteiger partial charge in [0.1, 0.15) is 17.0 Å². The molecule has 2 saturated carbocycles. The van der Waals surface area contributed by atoms with Gasteiger partial charge in [-0.05, 0) is 88.7 Å². The summed E-state index contributed by atoms with van der Waals surface area (Å²) >= 11 is 0. The minimum absolute atomic E-state index is 0.122. The first kappa shape index (κ1) is 27.5. The van der Waals surface area contributed by atoms with Crippen molar-refractivity contribution in [3.05, 3.63) is 29.5 Å². The number of hydrogen-bond donors (Lipinski definition) is 3. The summed E-state index contributed by atoms with van der Waals surface area (Å²) in [5.41, 5.74) is 4.32. The van der Waals surface area contributed by atoms with Gasteiger partial charge in [0.25, 0.3) is 0 Å². The Bertz CT molecular complexity index is 1420. The summed E-state index contributed by atoms with van der Waals surface area (Å²) in [5.74, 6) is 6.07. The number of imidazole rings is 1. The number of nitrogens with zero attached hydrogens (tertiary/aromatic N) is 5. The number of amides is 1. The molecule has 4 aliphatic rings. The molecule has 3 aromatic heterocycles. The lowest BCUT2D eigenvalue weighted by molar-refractivity contribution is 0.120. The van der Waals surface area contributed by atoms with Crippen LogP contribution in [0.25, 0.3) is 11.2 Å². The normalized spacial score (nSPS) is 27.5. The predicted octanol–water partition coefficient (Wildman–Crippen LogP) is 6.13. The van der Waals surface area contributed by atoms with E-state index in [1.54, 1.807) is 0 Å². The molecule has 1 amide bonds. The van der Waals surface area contributed by atoms with Crippen molar-refractivity contribution in [2.75, 3.05) is 16.8 Å². The summed E-state index contributed by atoms with van der Waals surface area (Å²) in [6.45, 7) is 8.42. The quantitative estimate of drug-likeness (QED) is 0.291. The van der Waals surface area contributed by atoms with Gasteiger partial charge in [0.05, 0.1) is 6.04 Å². The third kappa shape index (κ3) is 5.31. The Morgan fingerprint density at radius 1 is 1.05 bits per heavy atom. The number of furan rings is 1. The van der Waals surface area contributed by atoms with Gasteiger partial charge in [0, 0.05) is 19.1 Å². The average molecular weight is 577 g/mol. The number of hydroxylamine groups is 1. The molecular weight excluding hydrogens is 532 g/mol. The smallest absolute Gasteiger partial charge is 0.427 e. The van der Waals surface area contributed by atoms with Gasteiger partial charge in [0.15, 0.2) is 23.5 Å². The van der Waals surface area contributed by atoms with Crippen molar-refractivity contribution in [2.24, 2.45) is 17.8 Å². The van der Waals surface area contributed by atoms with Crippen LogP contribution in [0.5, 0.6) is 0 Å². The molecule has 2 aliphatic carbocycles. The van der Waals surface area contributed by atoms with Gasteiger partial charge in [-0.25, -0.2) is 14.8 Å². The number of anilines is 2. The standard InChI is InChI=1S/C31H44N8O3/c1-18-10-13-21(14-11-18)17-39-25-26(32-20(3)22-7-6-8-22)33-28(29-36-31(40)42-37-29)34-27(25)35-30(39)38-16-5-4-9-23(38)24-15-12-19(2)41-24/h12,15,18,20-23,29,37H,4-11,13-14,16-17H2,1-3H3,(H,36,40)(H,32,33,34)/t18?,20-,21?,23?,29?/m1/s1.